The summed E-state index contributed by atoms with van der Waals surface area (Å²) in [5.41, 5.74) is 7.48. The van der Waals surface area contributed by atoms with Crippen LogP contribution in [0.1, 0.15) is 50.6 Å². The van der Waals surface area contributed by atoms with Crippen LogP contribution in [0.4, 0.5) is 5.69 Å². The number of fused-ring (bicyclic) bond motifs is 1. The number of anilines is 1. The van der Waals surface area contributed by atoms with Gasteiger partial charge in [0.1, 0.15) is 10.8 Å². The number of ether oxygens (including phenoxy) is 1. The van der Waals surface area contributed by atoms with E-state index in [9.17, 15) is 14.7 Å². The average Bonchev–Trinajstić information content (AvgIpc) is 3.34. The first-order valence-electron chi connectivity index (χ1n) is 11.6. The smallest absolute Gasteiger partial charge is 0.339 e. The fraction of sp³-hybridized carbons (Fsp3) is 0.346. The molecule has 9 heteroatoms. The summed E-state index contributed by atoms with van der Waals surface area (Å²) in [7, 11) is 3.87. The molecule has 8 nitrogen and oxygen atoms in total. The highest BCUT2D eigenvalue weighted by atomic mass is 32.1. The Bertz CT molecular complexity index is 1290. The number of carbonyl (C=O) groups is 2. The Morgan fingerprint density at radius 2 is 2.00 bits per heavy atom. The summed E-state index contributed by atoms with van der Waals surface area (Å²) < 4.78 is 7.55. The number of hydrogen-bond acceptors (Lipinski definition) is 6. The van der Waals surface area contributed by atoms with Crippen LogP contribution in [0, 0.1) is 13.8 Å². The summed E-state index contributed by atoms with van der Waals surface area (Å²) in [5, 5.41) is 14.8. The van der Waals surface area contributed by atoms with Gasteiger partial charge in [0.05, 0.1) is 11.8 Å². The largest absolute Gasteiger partial charge is 0.484 e. The lowest BCUT2D eigenvalue weighted by Gasteiger charge is -2.13. The van der Waals surface area contributed by atoms with Gasteiger partial charge in [-0.1, -0.05) is 6.07 Å². The second-order valence-corrected chi connectivity index (χ2v) is 9.92. The van der Waals surface area contributed by atoms with Crippen molar-refractivity contribution >= 4 is 35.1 Å². The Labute approximate surface area is 208 Å². The molecule has 0 unspecified atom stereocenters. The number of aromatic nitrogens is 1. The van der Waals surface area contributed by atoms with Gasteiger partial charge >= 0.3 is 5.97 Å². The van der Waals surface area contributed by atoms with Crippen LogP contribution in [0.25, 0.3) is 5.00 Å². The fourth-order valence-corrected chi connectivity index (χ4v) is 5.86. The van der Waals surface area contributed by atoms with Crippen molar-refractivity contribution < 1.29 is 19.4 Å². The van der Waals surface area contributed by atoms with Gasteiger partial charge in [0.15, 0.2) is 6.61 Å². The molecule has 35 heavy (non-hydrogen) atoms. The highest BCUT2D eigenvalue weighted by molar-refractivity contribution is 7.15. The number of aromatic carboxylic acids is 1. The van der Waals surface area contributed by atoms with Gasteiger partial charge in [-0.2, -0.15) is 5.10 Å². The summed E-state index contributed by atoms with van der Waals surface area (Å²) in [6.07, 6.45) is 5.45. The molecule has 0 radical (unpaired) electrons. The standard InChI is InChI=1S/C26H30N4O4S/c1-16-12-18(14-27-28-23(31)15-34-20-9-7-8-19(13-20)29(3)4)17(2)30(16)25-24(26(32)33)21-10-5-6-11-22(21)35-25/h7-9,12-14H,5-6,10-11,15H2,1-4H3,(H,28,31)(H,32,33)/b27-14+. The first-order valence-corrected chi connectivity index (χ1v) is 12.4. The number of amides is 1. The minimum absolute atomic E-state index is 0.157. The van der Waals surface area contributed by atoms with Crippen molar-refractivity contribution in [2.45, 2.75) is 39.5 Å². The van der Waals surface area contributed by atoms with Crippen LogP contribution in [0.2, 0.25) is 0 Å². The van der Waals surface area contributed by atoms with Crippen LogP contribution in [0.5, 0.6) is 5.75 Å². The van der Waals surface area contributed by atoms with Gasteiger partial charge in [-0.3, -0.25) is 4.79 Å². The summed E-state index contributed by atoms with van der Waals surface area (Å²) in [6, 6.07) is 9.43. The number of carboxylic acids is 1. The van der Waals surface area contributed by atoms with Crippen LogP contribution < -0.4 is 15.1 Å². The van der Waals surface area contributed by atoms with Crippen LogP contribution in [0.15, 0.2) is 35.4 Å². The molecule has 1 aromatic carbocycles. The molecule has 2 aromatic heterocycles. The van der Waals surface area contributed by atoms with Gasteiger partial charge in [-0.25, -0.2) is 10.2 Å². The number of aryl methyl sites for hydroxylation is 2. The van der Waals surface area contributed by atoms with E-state index in [-0.39, 0.29) is 12.5 Å². The van der Waals surface area contributed by atoms with E-state index in [0.29, 0.717) is 11.3 Å². The number of hydrazone groups is 1. The minimum Gasteiger partial charge on any atom is -0.484 e. The van der Waals surface area contributed by atoms with Crippen molar-refractivity contribution in [2.75, 3.05) is 25.6 Å². The number of nitrogens with one attached hydrogen (secondary N) is 1. The number of rotatable bonds is 8. The maximum Gasteiger partial charge on any atom is 0.339 e. The third-order valence-electron chi connectivity index (χ3n) is 6.14. The lowest BCUT2D eigenvalue weighted by molar-refractivity contribution is -0.123. The van der Waals surface area contributed by atoms with Crippen molar-refractivity contribution in [1.29, 1.82) is 0 Å². The van der Waals surface area contributed by atoms with E-state index in [1.165, 1.54) is 4.88 Å². The van der Waals surface area contributed by atoms with Gasteiger partial charge < -0.3 is 19.3 Å². The highest BCUT2D eigenvalue weighted by Gasteiger charge is 2.27. The van der Waals surface area contributed by atoms with Crippen molar-refractivity contribution in [1.82, 2.24) is 9.99 Å². The molecule has 0 saturated carbocycles. The van der Waals surface area contributed by atoms with Crippen LogP contribution in [-0.4, -0.2) is 48.5 Å². The summed E-state index contributed by atoms with van der Waals surface area (Å²) in [5.74, 6) is -0.651. The molecule has 184 valence electrons. The van der Waals surface area contributed by atoms with Crippen LogP contribution >= 0.6 is 11.3 Å². The van der Waals surface area contributed by atoms with Crippen molar-refractivity contribution in [3.63, 3.8) is 0 Å². The van der Waals surface area contributed by atoms with E-state index in [2.05, 4.69) is 10.5 Å². The monoisotopic (exact) mass is 494 g/mol. The molecule has 1 aliphatic rings. The molecule has 2 heterocycles. The van der Waals surface area contributed by atoms with E-state index in [4.69, 9.17) is 4.74 Å². The lowest BCUT2D eigenvalue weighted by atomic mass is 9.95. The van der Waals surface area contributed by atoms with E-state index in [1.54, 1.807) is 23.6 Å². The maximum absolute atomic E-state index is 12.2. The molecule has 0 bridgehead atoms. The zero-order valence-electron chi connectivity index (χ0n) is 20.4. The van der Waals surface area contributed by atoms with Crippen molar-refractivity contribution in [2.24, 2.45) is 5.10 Å². The van der Waals surface area contributed by atoms with Gasteiger partial charge in [0.2, 0.25) is 0 Å². The van der Waals surface area contributed by atoms with Crippen LogP contribution in [0.3, 0.4) is 0 Å². The fourth-order valence-electron chi connectivity index (χ4n) is 4.37. The summed E-state index contributed by atoms with van der Waals surface area (Å²) in [4.78, 5) is 27.5. The third kappa shape index (κ3) is 5.24. The minimum atomic E-state index is -0.884. The quantitative estimate of drug-likeness (QED) is 0.359. The Morgan fingerprint density at radius 1 is 1.23 bits per heavy atom. The molecule has 0 saturated heterocycles. The number of hydrogen-bond donors (Lipinski definition) is 2. The topological polar surface area (TPSA) is 96.2 Å². The van der Waals surface area contributed by atoms with Gasteiger partial charge in [0, 0.05) is 47.7 Å². The van der Waals surface area contributed by atoms with Gasteiger partial charge in [0.25, 0.3) is 5.91 Å². The lowest BCUT2D eigenvalue weighted by Crippen LogP contribution is -2.24. The molecular weight excluding hydrogens is 464 g/mol. The maximum atomic E-state index is 12.2. The molecule has 0 fully saturated rings. The van der Waals surface area contributed by atoms with E-state index in [0.717, 1.165) is 58.9 Å². The molecule has 0 atom stereocenters. The van der Waals surface area contributed by atoms with Crippen molar-refractivity contribution in [3.8, 4) is 10.8 Å². The Hall–Kier alpha value is -3.59. The number of carboxylic acid groups (broad SMARTS) is 1. The highest BCUT2D eigenvalue weighted by Crippen LogP contribution is 2.38. The average molecular weight is 495 g/mol. The first kappa shape index (κ1) is 24.5. The zero-order chi connectivity index (χ0) is 25.1. The molecule has 1 aliphatic carbocycles. The number of nitrogens with zero attached hydrogens (tertiary/aromatic N) is 3. The Kier molecular flexibility index (Phi) is 7.25. The molecule has 3 aromatic rings. The second kappa shape index (κ2) is 10.4. The van der Waals surface area contributed by atoms with Gasteiger partial charge in [-0.15, -0.1) is 11.3 Å². The molecule has 0 aliphatic heterocycles. The second-order valence-electron chi connectivity index (χ2n) is 8.83. The molecule has 0 spiro atoms. The van der Waals surface area contributed by atoms with Crippen LogP contribution in [-0.2, 0) is 17.6 Å². The number of thiophene rings is 1. The first-order chi connectivity index (χ1) is 16.8. The number of benzene rings is 1. The van der Waals surface area contributed by atoms with Gasteiger partial charge in [-0.05, 0) is 63.3 Å². The normalized spacial score (nSPS) is 13.0. The molecular formula is C26H30N4O4S. The Balaban J connectivity index is 1.46. The van der Waals surface area contributed by atoms with Crippen molar-refractivity contribution in [3.05, 3.63) is 63.3 Å². The predicted molar refractivity (Wildman–Crippen MR) is 139 cm³/mol. The predicted octanol–water partition coefficient (Wildman–Crippen LogP) is 4.33. The SMILES string of the molecule is Cc1cc(/C=N/NC(=O)COc2cccc(N(C)C)c2)c(C)n1-c1sc2c(c1C(=O)O)CCCC2. The summed E-state index contributed by atoms with van der Waals surface area (Å²) >= 11 is 1.57. The van der Waals surface area contributed by atoms with E-state index in [1.807, 2.05) is 61.7 Å². The molecule has 2 N–H and O–H groups in total. The van der Waals surface area contributed by atoms with E-state index >= 15 is 0 Å². The third-order valence-corrected chi connectivity index (χ3v) is 7.41. The van der Waals surface area contributed by atoms with E-state index < -0.39 is 5.97 Å². The zero-order valence-corrected chi connectivity index (χ0v) is 21.2. The Morgan fingerprint density at radius 3 is 2.74 bits per heavy atom. The molecule has 1 amide bonds. The number of carbonyl (C=O) groups excluding carboxylic acids is 1. The molecule has 4 rings (SSSR count). The summed E-state index contributed by atoms with van der Waals surface area (Å²) in [6.45, 7) is 3.72.